The molecular weight excluding hydrogens is 1510 g/mol. The van der Waals surface area contributed by atoms with E-state index in [4.69, 9.17) is 0 Å². The van der Waals surface area contributed by atoms with Crippen LogP contribution in [0.3, 0.4) is 0 Å². The van der Waals surface area contributed by atoms with Crippen molar-refractivity contribution in [1.82, 2.24) is 9.13 Å². The highest BCUT2D eigenvalue weighted by Gasteiger charge is 2.47. The van der Waals surface area contributed by atoms with Crippen LogP contribution < -0.4 is 26.2 Å². The molecule has 0 saturated heterocycles. The minimum absolute atomic E-state index is 0.268. The van der Waals surface area contributed by atoms with E-state index in [0.29, 0.717) is 11.8 Å². The molecule has 0 spiro atoms. The Balaban J connectivity index is 0.922. The molecule has 0 amide bonds. The number of hydrogen-bond acceptors (Lipinski definition) is 2. The summed E-state index contributed by atoms with van der Waals surface area (Å²) in [6.45, 7) is 30.5. The van der Waals surface area contributed by atoms with Crippen molar-refractivity contribution < 1.29 is 0 Å². The predicted octanol–water partition coefficient (Wildman–Crippen LogP) is 31.4. The van der Waals surface area contributed by atoms with Gasteiger partial charge in [0.1, 0.15) is 0 Å². The maximum absolute atomic E-state index is 2.77. The highest BCUT2D eigenvalue weighted by molar-refractivity contribution is 7.00. The average Bonchev–Trinajstić information content (AvgIpc) is 1.06. The number of fused-ring (bicyclic) bond motifs is 10. The van der Waals surface area contributed by atoms with Gasteiger partial charge >= 0.3 is 0 Å². The van der Waals surface area contributed by atoms with Crippen molar-refractivity contribution in [3.63, 3.8) is 0 Å². The zero-order valence-electron chi connectivity index (χ0n) is 73.8. The van der Waals surface area contributed by atoms with Gasteiger partial charge in [0.05, 0.1) is 33.4 Å². The van der Waals surface area contributed by atoms with Crippen LogP contribution in [0.2, 0.25) is 0 Å². The van der Waals surface area contributed by atoms with Crippen molar-refractivity contribution in [3.05, 3.63) is 404 Å². The molecule has 606 valence electrons. The third-order valence-electron chi connectivity index (χ3n) is 26.7. The largest absolute Gasteiger partial charge is 0.310 e. The van der Waals surface area contributed by atoms with Crippen LogP contribution in [0.1, 0.15) is 130 Å². The molecule has 0 fully saturated rings. The van der Waals surface area contributed by atoms with Gasteiger partial charge in [-0.05, 0) is 260 Å². The highest BCUT2D eigenvalue weighted by atomic mass is 15.2. The lowest BCUT2D eigenvalue weighted by Crippen LogP contribution is -2.61. The van der Waals surface area contributed by atoms with Gasteiger partial charge < -0.3 is 18.9 Å². The number of aromatic nitrogens is 2. The lowest BCUT2D eigenvalue weighted by Gasteiger charge is -2.47. The average molecular weight is 1610 g/mol. The Bertz CT molecular complexity index is 7030. The van der Waals surface area contributed by atoms with Crippen molar-refractivity contribution in [3.8, 4) is 100 Å². The van der Waals surface area contributed by atoms with E-state index >= 15 is 0 Å². The van der Waals surface area contributed by atoms with Crippen molar-refractivity contribution in [1.29, 1.82) is 0 Å². The zero-order chi connectivity index (χ0) is 85.5. The van der Waals surface area contributed by atoms with Gasteiger partial charge in [-0.3, -0.25) is 0 Å². The summed E-state index contributed by atoms with van der Waals surface area (Å²) in [6.07, 6.45) is 0. The maximum Gasteiger partial charge on any atom is 0.252 e. The van der Waals surface area contributed by atoms with Gasteiger partial charge in [-0.1, -0.05) is 345 Å². The van der Waals surface area contributed by atoms with E-state index < -0.39 is 5.41 Å². The summed E-state index contributed by atoms with van der Waals surface area (Å²) in [6, 6.07) is 144. The van der Waals surface area contributed by atoms with E-state index in [-0.39, 0.29) is 17.5 Å². The van der Waals surface area contributed by atoms with E-state index in [1.54, 1.807) is 0 Å². The van der Waals surface area contributed by atoms with Crippen LogP contribution in [0, 0.1) is 0 Å². The standard InChI is InChI=1S/C120H103BN4/c1-76(2)82-54-60-109-103(66-82)97-50-26-28-52-107(97)122(109)95-56-58-105-111(74-95)124(116-99(80-38-22-16-23-39-80)68-92(118(5,6)7)70-101(116)90-48-32-46-88(64-90)86-44-30-42-84(62-86)78-34-18-14-19-35-78)113-72-94(120(11,12)13)73-114-115(113)121(105)106-59-57-96(123-108-53-29-27-51-98(108)104-67-83(77(3)4)55-61-110(104)123)75-112(106)125(114)117-100(81-40-24-17-25-41-81)69-93(119(8,9)10)71-102(117)91-49-33-47-89(65-91)87-45-31-43-85(63-87)79-36-20-15-21-37-79/h14-77H,1-13H3. The van der Waals surface area contributed by atoms with Crippen LogP contribution in [0.25, 0.3) is 144 Å². The van der Waals surface area contributed by atoms with Gasteiger partial charge in [-0.15, -0.1) is 0 Å². The first-order valence-corrected chi connectivity index (χ1v) is 44.7. The van der Waals surface area contributed by atoms with Crippen molar-refractivity contribution >= 4 is 101 Å². The van der Waals surface area contributed by atoms with Crippen molar-refractivity contribution in [2.24, 2.45) is 0 Å². The van der Waals surface area contributed by atoms with Crippen LogP contribution >= 0.6 is 0 Å². The van der Waals surface area contributed by atoms with Crippen LogP contribution in [-0.2, 0) is 16.2 Å². The molecule has 0 N–H and O–H groups in total. The smallest absolute Gasteiger partial charge is 0.252 e. The first-order chi connectivity index (χ1) is 60.5. The summed E-state index contributed by atoms with van der Waals surface area (Å²) in [5.41, 5.74) is 41.2. The maximum atomic E-state index is 2.77. The van der Waals surface area contributed by atoms with E-state index in [9.17, 15) is 0 Å². The van der Waals surface area contributed by atoms with Gasteiger partial charge in [0, 0.05) is 77.9 Å². The summed E-state index contributed by atoms with van der Waals surface area (Å²) in [5, 5.41) is 4.97. The van der Waals surface area contributed by atoms with Crippen LogP contribution in [-0.4, -0.2) is 15.8 Å². The Morgan fingerprint density at radius 2 is 0.512 bits per heavy atom. The number of rotatable bonds is 14. The Labute approximate surface area is 737 Å². The molecule has 19 aromatic rings. The molecule has 0 atom stereocenters. The first-order valence-electron chi connectivity index (χ1n) is 44.7. The van der Waals surface area contributed by atoms with Gasteiger partial charge in [0.15, 0.2) is 0 Å². The molecule has 0 radical (unpaired) electrons. The number of benzene rings is 17. The molecule has 0 saturated carbocycles. The highest BCUT2D eigenvalue weighted by Crippen LogP contribution is 2.57. The van der Waals surface area contributed by atoms with E-state index in [2.05, 4.69) is 485 Å². The second-order valence-electron chi connectivity index (χ2n) is 38.5. The summed E-state index contributed by atoms with van der Waals surface area (Å²) < 4.78 is 5.10. The third-order valence-corrected chi connectivity index (χ3v) is 26.7. The molecule has 2 aliphatic rings. The molecule has 2 aromatic heterocycles. The lowest BCUT2D eigenvalue weighted by atomic mass is 9.33. The Morgan fingerprint density at radius 3 is 0.864 bits per heavy atom. The van der Waals surface area contributed by atoms with Crippen molar-refractivity contribution in [2.45, 2.75) is 118 Å². The molecule has 21 rings (SSSR count). The molecular formula is C120H103BN4. The quantitative estimate of drug-likeness (QED) is 0.101. The molecule has 0 bridgehead atoms. The lowest BCUT2D eigenvalue weighted by molar-refractivity contribution is 0.590. The summed E-state index contributed by atoms with van der Waals surface area (Å²) in [7, 11) is 0. The fourth-order valence-corrected chi connectivity index (χ4v) is 19.9. The number of para-hydroxylation sites is 2. The van der Waals surface area contributed by atoms with Gasteiger partial charge in [0.25, 0.3) is 6.71 Å². The molecule has 17 aromatic carbocycles. The Hall–Kier alpha value is -14.0. The molecule has 5 heteroatoms. The molecule has 4 nitrogen and oxygen atoms in total. The van der Waals surface area contributed by atoms with Crippen LogP contribution in [0.4, 0.5) is 34.1 Å². The van der Waals surface area contributed by atoms with Crippen molar-refractivity contribution in [2.75, 3.05) is 9.80 Å². The summed E-state index contributed by atoms with van der Waals surface area (Å²) in [4.78, 5) is 5.55. The molecule has 4 heterocycles. The Kier molecular flexibility index (Phi) is 19.1. The number of anilines is 6. The minimum Gasteiger partial charge on any atom is -0.310 e. The molecule has 2 aliphatic heterocycles. The minimum atomic E-state index is -0.397. The molecule has 125 heavy (non-hydrogen) atoms. The number of nitrogens with zero attached hydrogens (tertiary/aromatic N) is 4. The monoisotopic (exact) mass is 1610 g/mol. The second kappa shape index (κ2) is 30.5. The van der Waals surface area contributed by atoms with Gasteiger partial charge in [-0.2, -0.15) is 0 Å². The van der Waals surface area contributed by atoms with E-state index in [1.807, 2.05) is 0 Å². The molecule has 0 unspecified atom stereocenters. The fraction of sp³-hybridized carbons (Fsp3) is 0.150. The summed E-state index contributed by atoms with van der Waals surface area (Å²) in [5.74, 6) is 0.702. The fourth-order valence-electron chi connectivity index (χ4n) is 19.9. The van der Waals surface area contributed by atoms with Gasteiger partial charge in [0.2, 0.25) is 0 Å². The zero-order valence-corrected chi connectivity index (χ0v) is 73.8. The number of hydrogen-bond donors (Lipinski definition) is 0. The van der Waals surface area contributed by atoms with Crippen LogP contribution in [0.5, 0.6) is 0 Å². The normalized spacial score (nSPS) is 12.8. The third kappa shape index (κ3) is 13.7. The summed E-state index contributed by atoms with van der Waals surface area (Å²) >= 11 is 0. The van der Waals surface area contributed by atoms with E-state index in [0.717, 1.165) is 112 Å². The molecule has 0 aliphatic carbocycles. The second-order valence-corrected chi connectivity index (χ2v) is 38.5. The first kappa shape index (κ1) is 78.3. The predicted molar refractivity (Wildman–Crippen MR) is 537 cm³/mol. The van der Waals surface area contributed by atoms with E-state index in [1.165, 1.54) is 110 Å². The Morgan fingerprint density at radius 1 is 0.224 bits per heavy atom. The SMILES string of the molecule is CC(C)c1ccc2c(c1)c1ccccc1n2-c1ccc2c(c1)N(c1c(-c3ccccc3)cc(C(C)(C)C)cc1-c1cccc(-c3cccc(-c4ccccc4)c3)c1)c1cc(C(C)(C)C)cc3c1B2c1ccc(-n2c4ccccc4c4cc(C(C)C)ccc42)cc1N3c1c(-c2ccccc2)cc(C(C)(C)C)cc1-c1cccc(-c2cccc(-c3ccccc3)c2)c1. The van der Waals surface area contributed by atoms with Crippen LogP contribution in [0.15, 0.2) is 376 Å². The van der Waals surface area contributed by atoms with Gasteiger partial charge in [-0.25, -0.2) is 0 Å². The topological polar surface area (TPSA) is 16.3 Å².